The number of aromatic nitrogens is 3. The van der Waals surface area contributed by atoms with Crippen molar-refractivity contribution in [2.24, 2.45) is 0 Å². The number of phenols is 1. The van der Waals surface area contributed by atoms with Crippen LogP contribution in [0.4, 0.5) is 10.2 Å². The van der Waals surface area contributed by atoms with E-state index in [0.29, 0.717) is 23.6 Å². The molecule has 1 aromatic carbocycles. The number of nitrogens with zero attached hydrogens (tertiary/aromatic N) is 4. The molecule has 0 atom stereocenters. The zero-order valence-electron chi connectivity index (χ0n) is 14.5. The number of hydrogen-bond acceptors (Lipinski definition) is 6. The maximum Gasteiger partial charge on any atom is 0.343 e. The quantitative estimate of drug-likeness (QED) is 0.683. The molecule has 7 nitrogen and oxygen atoms in total. The van der Waals surface area contributed by atoms with Crippen LogP contribution in [0.25, 0.3) is 5.65 Å². The zero-order valence-corrected chi connectivity index (χ0v) is 14.5. The first-order valence-electron chi connectivity index (χ1n) is 8.27. The highest BCUT2D eigenvalue weighted by molar-refractivity contribution is 5.95. The van der Waals surface area contributed by atoms with Gasteiger partial charge in [0.05, 0.1) is 12.8 Å². The van der Waals surface area contributed by atoms with E-state index in [1.165, 1.54) is 28.9 Å². The third kappa shape index (κ3) is 3.44. The predicted octanol–water partition coefficient (Wildman–Crippen LogP) is 2.78. The first-order chi connectivity index (χ1) is 12.5. The smallest absolute Gasteiger partial charge is 0.343 e. The Hall–Kier alpha value is -3.16. The molecule has 0 unspecified atom stereocenters. The largest absolute Gasteiger partial charge is 0.508 e. The summed E-state index contributed by atoms with van der Waals surface area (Å²) < 4.78 is 20.0. The maximum absolute atomic E-state index is 13.5. The molecule has 2 heterocycles. The molecule has 0 fully saturated rings. The summed E-state index contributed by atoms with van der Waals surface area (Å²) in [5.74, 6) is -0.312. The first kappa shape index (κ1) is 17.7. The van der Waals surface area contributed by atoms with Crippen LogP contribution >= 0.6 is 0 Å². The fourth-order valence-electron chi connectivity index (χ4n) is 2.63. The van der Waals surface area contributed by atoms with Crippen molar-refractivity contribution in [1.29, 1.82) is 0 Å². The molecular weight excluding hydrogens is 339 g/mol. The van der Waals surface area contributed by atoms with Gasteiger partial charge in [-0.25, -0.2) is 18.7 Å². The summed E-state index contributed by atoms with van der Waals surface area (Å²) in [7, 11) is 0. The third-order valence-electron chi connectivity index (χ3n) is 3.96. The van der Waals surface area contributed by atoms with E-state index in [1.807, 2.05) is 11.8 Å². The second kappa shape index (κ2) is 7.38. The molecule has 0 bridgehead atoms. The summed E-state index contributed by atoms with van der Waals surface area (Å²) in [6.45, 7) is 4.75. The van der Waals surface area contributed by atoms with Gasteiger partial charge in [0, 0.05) is 24.8 Å². The summed E-state index contributed by atoms with van der Waals surface area (Å²) in [5, 5.41) is 14.1. The Morgan fingerprint density at radius 2 is 2.15 bits per heavy atom. The van der Waals surface area contributed by atoms with E-state index in [1.54, 1.807) is 19.2 Å². The van der Waals surface area contributed by atoms with Gasteiger partial charge in [-0.05, 0) is 38.1 Å². The van der Waals surface area contributed by atoms with Gasteiger partial charge in [0.25, 0.3) is 0 Å². The molecule has 0 saturated heterocycles. The first-order valence-corrected chi connectivity index (χ1v) is 8.27. The van der Waals surface area contributed by atoms with Crippen molar-refractivity contribution in [2.45, 2.75) is 20.4 Å². The zero-order chi connectivity index (χ0) is 18.7. The second-order valence-corrected chi connectivity index (χ2v) is 5.62. The molecule has 3 rings (SSSR count). The lowest BCUT2D eigenvalue weighted by Crippen LogP contribution is -2.23. The van der Waals surface area contributed by atoms with Gasteiger partial charge in [-0.3, -0.25) is 0 Å². The summed E-state index contributed by atoms with van der Waals surface area (Å²) >= 11 is 0. The molecule has 8 heteroatoms. The number of rotatable bonds is 6. The van der Waals surface area contributed by atoms with Crippen LogP contribution in [0.15, 0.2) is 36.7 Å². The number of phenolic OH excluding ortho intramolecular Hbond substituents is 1. The Balaban J connectivity index is 1.95. The lowest BCUT2D eigenvalue weighted by atomic mass is 10.2. The molecule has 1 N–H and O–H groups in total. The summed E-state index contributed by atoms with van der Waals surface area (Å²) in [4.78, 5) is 18.4. The average Bonchev–Trinajstić information content (AvgIpc) is 3.06. The number of esters is 1. The van der Waals surface area contributed by atoms with Gasteiger partial charge >= 0.3 is 5.97 Å². The van der Waals surface area contributed by atoms with Crippen molar-refractivity contribution in [1.82, 2.24) is 14.6 Å². The van der Waals surface area contributed by atoms with Crippen molar-refractivity contribution in [2.75, 3.05) is 18.1 Å². The van der Waals surface area contributed by atoms with Crippen LogP contribution in [0.3, 0.4) is 0 Å². The summed E-state index contributed by atoms with van der Waals surface area (Å²) in [6, 6.07) is 5.57. The molecule has 2 aromatic heterocycles. The third-order valence-corrected chi connectivity index (χ3v) is 3.96. The number of anilines is 1. The number of halogens is 1. The van der Waals surface area contributed by atoms with Crippen molar-refractivity contribution in [3.05, 3.63) is 53.6 Å². The van der Waals surface area contributed by atoms with E-state index >= 15 is 0 Å². The Morgan fingerprint density at radius 3 is 2.88 bits per heavy atom. The van der Waals surface area contributed by atoms with Gasteiger partial charge in [0.1, 0.15) is 22.9 Å². The van der Waals surface area contributed by atoms with E-state index in [4.69, 9.17) is 4.74 Å². The normalized spacial score (nSPS) is 10.9. The Morgan fingerprint density at radius 1 is 1.35 bits per heavy atom. The van der Waals surface area contributed by atoms with E-state index in [-0.39, 0.29) is 24.5 Å². The molecule has 0 radical (unpaired) electrons. The van der Waals surface area contributed by atoms with Crippen LogP contribution in [0.5, 0.6) is 5.75 Å². The highest BCUT2D eigenvalue weighted by Crippen LogP contribution is 2.23. The Labute approximate surface area is 149 Å². The fourth-order valence-corrected chi connectivity index (χ4v) is 2.63. The minimum Gasteiger partial charge on any atom is -0.508 e. The molecule has 0 saturated carbocycles. The highest BCUT2D eigenvalue weighted by Gasteiger charge is 2.17. The van der Waals surface area contributed by atoms with E-state index in [9.17, 15) is 14.3 Å². The van der Waals surface area contributed by atoms with Gasteiger partial charge in [0.15, 0.2) is 5.65 Å². The molecule has 0 amide bonds. The van der Waals surface area contributed by atoms with Gasteiger partial charge in [-0.2, -0.15) is 5.10 Å². The lowest BCUT2D eigenvalue weighted by Gasteiger charge is -2.22. The van der Waals surface area contributed by atoms with Crippen molar-refractivity contribution >= 4 is 17.4 Å². The maximum atomic E-state index is 13.5. The topological polar surface area (TPSA) is 80.0 Å². The van der Waals surface area contributed by atoms with E-state index in [0.717, 1.165) is 0 Å². The summed E-state index contributed by atoms with van der Waals surface area (Å²) in [5.41, 5.74) is 1.11. The molecule has 0 spiro atoms. The lowest BCUT2D eigenvalue weighted by molar-refractivity contribution is 0.0528. The Kier molecular flexibility index (Phi) is 5.01. The van der Waals surface area contributed by atoms with E-state index < -0.39 is 11.8 Å². The monoisotopic (exact) mass is 358 g/mol. The number of fused-ring (bicyclic) bond motifs is 1. The van der Waals surface area contributed by atoms with Crippen LogP contribution in [-0.2, 0) is 11.3 Å². The van der Waals surface area contributed by atoms with Gasteiger partial charge in [-0.1, -0.05) is 0 Å². The fraction of sp³-hybridized carbons (Fsp3) is 0.278. The molecular formula is C18H19FN4O3. The summed E-state index contributed by atoms with van der Waals surface area (Å²) in [6.07, 6.45) is 3.10. The standard InChI is InChI=1S/C18H19FN4O3/c1-3-22(11-12-9-13(19)5-6-15(12)24)16-7-8-23-17(21-16)14(10-20-23)18(25)26-4-2/h5-10,24H,3-4,11H2,1-2H3. The second-order valence-electron chi connectivity index (χ2n) is 5.62. The molecule has 26 heavy (non-hydrogen) atoms. The molecule has 0 aliphatic carbocycles. The van der Waals surface area contributed by atoms with E-state index in [2.05, 4.69) is 10.1 Å². The number of hydrogen-bond donors (Lipinski definition) is 1. The molecule has 0 aliphatic rings. The van der Waals surface area contributed by atoms with Gasteiger partial charge in [0.2, 0.25) is 0 Å². The van der Waals surface area contributed by atoms with Crippen LogP contribution in [0.2, 0.25) is 0 Å². The number of ether oxygens (including phenoxy) is 1. The average molecular weight is 358 g/mol. The van der Waals surface area contributed by atoms with Crippen LogP contribution in [0.1, 0.15) is 29.8 Å². The SMILES string of the molecule is CCOC(=O)c1cnn2ccc(N(CC)Cc3cc(F)ccc3O)nc12. The van der Waals surface area contributed by atoms with Gasteiger partial charge < -0.3 is 14.7 Å². The minimum absolute atomic E-state index is 0.0162. The van der Waals surface area contributed by atoms with Crippen LogP contribution in [-0.4, -0.2) is 38.8 Å². The molecule has 136 valence electrons. The number of carbonyl (C=O) groups excluding carboxylic acids is 1. The molecule has 3 aromatic rings. The minimum atomic E-state index is -0.488. The number of aromatic hydroxyl groups is 1. The van der Waals surface area contributed by atoms with Crippen LogP contribution < -0.4 is 4.90 Å². The van der Waals surface area contributed by atoms with Crippen molar-refractivity contribution < 1.29 is 19.0 Å². The number of benzene rings is 1. The highest BCUT2D eigenvalue weighted by atomic mass is 19.1. The predicted molar refractivity (Wildman–Crippen MR) is 93.7 cm³/mol. The van der Waals surface area contributed by atoms with Crippen LogP contribution in [0, 0.1) is 5.82 Å². The molecule has 0 aliphatic heterocycles. The van der Waals surface area contributed by atoms with Gasteiger partial charge in [-0.15, -0.1) is 0 Å². The van der Waals surface area contributed by atoms with Crippen molar-refractivity contribution in [3.8, 4) is 5.75 Å². The van der Waals surface area contributed by atoms with Crippen molar-refractivity contribution in [3.63, 3.8) is 0 Å². The Bertz CT molecular complexity index is 941. The number of carbonyl (C=O) groups is 1.